The largest absolute Gasteiger partial charge is 0.415 e. The molecule has 4 aromatic rings. The van der Waals surface area contributed by atoms with Crippen LogP contribution in [-0.4, -0.2) is 21.9 Å². The standard InChI is InChI=1S/C23H17ClFN3O2S/c24-18-13-17(11-12-19(18)25)26-20(29)14-31-23-28-27-22(30-23)21(15-7-3-1-4-8-15)16-9-5-2-6-10-16/h1-13,21H,14H2,(H,26,29). The average Bonchev–Trinajstić information content (AvgIpc) is 3.25. The monoisotopic (exact) mass is 453 g/mol. The van der Waals surface area contributed by atoms with Gasteiger partial charge in [0.05, 0.1) is 16.7 Å². The predicted octanol–water partition coefficient (Wildman–Crippen LogP) is 5.77. The lowest BCUT2D eigenvalue weighted by Crippen LogP contribution is -2.14. The Balaban J connectivity index is 1.46. The zero-order valence-corrected chi connectivity index (χ0v) is 17.7. The fourth-order valence-corrected chi connectivity index (χ4v) is 3.81. The molecule has 1 aromatic heterocycles. The lowest BCUT2D eigenvalue weighted by molar-refractivity contribution is -0.113. The van der Waals surface area contributed by atoms with Crippen molar-refractivity contribution in [1.29, 1.82) is 0 Å². The highest BCUT2D eigenvalue weighted by Gasteiger charge is 2.23. The van der Waals surface area contributed by atoms with Crippen LogP contribution in [-0.2, 0) is 4.79 Å². The summed E-state index contributed by atoms with van der Waals surface area (Å²) in [5.41, 5.74) is 2.47. The topological polar surface area (TPSA) is 68.0 Å². The van der Waals surface area contributed by atoms with Gasteiger partial charge in [-0.2, -0.15) is 0 Å². The minimum atomic E-state index is -0.543. The molecule has 0 fully saturated rings. The van der Waals surface area contributed by atoms with Gasteiger partial charge in [0.15, 0.2) is 0 Å². The molecule has 0 radical (unpaired) electrons. The van der Waals surface area contributed by atoms with Crippen molar-refractivity contribution in [2.45, 2.75) is 11.1 Å². The Kier molecular flexibility index (Phi) is 6.64. The molecule has 0 bridgehead atoms. The van der Waals surface area contributed by atoms with Crippen LogP contribution in [0.5, 0.6) is 0 Å². The van der Waals surface area contributed by atoms with Gasteiger partial charge in [0.25, 0.3) is 5.22 Å². The molecule has 1 N–H and O–H groups in total. The number of nitrogens with one attached hydrogen (secondary N) is 1. The van der Waals surface area contributed by atoms with Gasteiger partial charge in [0.2, 0.25) is 11.8 Å². The van der Waals surface area contributed by atoms with Crippen LogP contribution in [0.4, 0.5) is 10.1 Å². The number of carbonyl (C=O) groups excluding carboxylic acids is 1. The molecule has 31 heavy (non-hydrogen) atoms. The van der Waals surface area contributed by atoms with Crippen LogP contribution >= 0.6 is 23.4 Å². The minimum Gasteiger partial charge on any atom is -0.415 e. The molecule has 0 aliphatic carbocycles. The molecule has 4 rings (SSSR count). The van der Waals surface area contributed by atoms with Gasteiger partial charge in [-0.3, -0.25) is 4.79 Å². The number of anilines is 1. The van der Waals surface area contributed by atoms with Crippen LogP contribution < -0.4 is 5.32 Å². The molecular weight excluding hydrogens is 437 g/mol. The molecule has 8 heteroatoms. The summed E-state index contributed by atoms with van der Waals surface area (Å²) in [5, 5.41) is 11.2. The summed E-state index contributed by atoms with van der Waals surface area (Å²) in [6.07, 6.45) is 0. The van der Waals surface area contributed by atoms with Crippen molar-refractivity contribution in [2.75, 3.05) is 11.1 Å². The number of nitrogens with zero attached hydrogens (tertiary/aromatic N) is 2. The average molecular weight is 454 g/mol. The number of aromatic nitrogens is 2. The fourth-order valence-electron chi connectivity index (χ4n) is 3.06. The summed E-state index contributed by atoms with van der Waals surface area (Å²) in [6, 6.07) is 23.8. The maximum Gasteiger partial charge on any atom is 0.277 e. The smallest absolute Gasteiger partial charge is 0.277 e. The maximum atomic E-state index is 13.2. The molecule has 1 amide bonds. The highest BCUT2D eigenvalue weighted by atomic mass is 35.5. The second kappa shape index (κ2) is 9.76. The summed E-state index contributed by atoms with van der Waals surface area (Å²) in [6.45, 7) is 0. The molecule has 0 spiro atoms. The Morgan fingerprint density at radius 1 is 1.00 bits per heavy atom. The van der Waals surface area contributed by atoms with E-state index in [2.05, 4.69) is 15.5 Å². The van der Waals surface area contributed by atoms with Crippen molar-refractivity contribution in [3.8, 4) is 0 Å². The Morgan fingerprint density at radius 2 is 1.65 bits per heavy atom. The number of rotatable bonds is 7. The van der Waals surface area contributed by atoms with Gasteiger partial charge >= 0.3 is 0 Å². The predicted molar refractivity (Wildman–Crippen MR) is 119 cm³/mol. The first-order valence-electron chi connectivity index (χ1n) is 9.41. The summed E-state index contributed by atoms with van der Waals surface area (Å²) in [7, 11) is 0. The van der Waals surface area contributed by atoms with E-state index in [4.69, 9.17) is 16.0 Å². The van der Waals surface area contributed by atoms with E-state index in [1.54, 1.807) is 0 Å². The van der Waals surface area contributed by atoms with E-state index in [1.165, 1.54) is 18.2 Å². The molecular formula is C23H17ClFN3O2S. The molecule has 0 aliphatic rings. The van der Waals surface area contributed by atoms with Crippen molar-refractivity contribution in [2.24, 2.45) is 0 Å². The van der Waals surface area contributed by atoms with Gasteiger partial charge < -0.3 is 9.73 Å². The van der Waals surface area contributed by atoms with Crippen LogP contribution in [0.1, 0.15) is 22.9 Å². The van der Waals surface area contributed by atoms with Crippen molar-refractivity contribution < 1.29 is 13.6 Å². The second-order valence-electron chi connectivity index (χ2n) is 6.63. The highest BCUT2D eigenvalue weighted by Crippen LogP contribution is 2.32. The van der Waals surface area contributed by atoms with E-state index in [9.17, 15) is 9.18 Å². The number of halogens is 2. The first-order valence-corrected chi connectivity index (χ1v) is 10.8. The van der Waals surface area contributed by atoms with Crippen LogP contribution in [0.2, 0.25) is 5.02 Å². The lowest BCUT2D eigenvalue weighted by atomic mass is 9.91. The molecule has 5 nitrogen and oxygen atoms in total. The molecule has 0 atom stereocenters. The van der Waals surface area contributed by atoms with E-state index < -0.39 is 5.82 Å². The normalized spacial score (nSPS) is 10.9. The second-order valence-corrected chi connectivity index (χ2v) is 7.96. The third-order valence-corrected chi connectivity index (χ3v) is 5.57. The molecule has 0 unspecified atom stereocenters. The van der Waals surface area contributed by atoms with Crippen LogP contribution in [0, 0.1) is 5.82 Å². The number of hydrogen-bond acceptors (Lipinski definition) is 5. The Labute approximate surface area is 187 Å². The Hall–Kier alpha value is -3.16. The lowest BCUT2D eigenvalue weighted by Gasteiger charge is -2.13. The van der Waals surface area contributed by atoms with Gasteiger partial charge in [0.1, 0.15) is 5.82 Å². The summed E-state index contributed by atoms with van der Waals surface area (Å²) < 4.78 is 19.1. The van der Waals surface area contributed by atoms with Crippen molar-refractivity contribution >= 4 is 35.0 Å². The summed E-state index contributed by atoms with van der Waals surface area (Å²) >= 11 is 6.86. The Morgan fingerprint density at radius 3 is 2.26 bits per heavy atom. The third kappa shape index (κ3) is 5.31. The quantitative estimate of drug-likeness (QED) is 0.359. The SMILES string of the molecule is O=C(CSc1nnc(C(c2ccccc2)c2ccccc2)o1)Nc1ccc(F)c(Cl)c1. The molecule has 3 aromatic carbocycles. The van der Waals surface area contributed by atoms with E-state index in [0.717, 1.165) is 22.9 Å². The fraction of sp³-hybridized carbons (Fsp3) is 0.0870. The maximum absolute atomic E-state index is 13.2. The summed E-state index contributed by atoms with van der Waals surface area (Å²) in [5.74, 6) is -0.545. The molecule has 156 valence electrons. The van der Waals surface area contributed by atoms with Gasteiger partial charge in [-0.1, -0.05) is 84.0 Å². The molecule has 0 saturated heterocycles. The summed E-state index contributed by atoms with van der Waals surface area (Å²) in [4.78, 5) is 12.2. The van der Waals surface area contributed by atoms with Crippen molar-refractivity contribution in [3.05, 3.63) is 107 Å². The zero-order valence-electron chi connectivity index (χ0n) is 16.2. The van der Waals surface area contributed by atoms with Crippen LogP contribution in [0.25, 0.3) is 0 Å². The van der Waals surface area contributed by atoms with E-state index in [0.29, 0.717) is 16.8 Å². The first-order chi connectivity index (χ1) is 15.1. The highest BCUT2D eigenvalue weighted by molar-refractivity contribution is 7.99. The van der Waals surface area contributed by atoms with Gasteiger partial charge in [-0.25, -0.2) is 4.39 Å². The van der Waals surface area contributed by atoms with Crippen molar-refractivity contribution in [3.63, 3.8) is 0 Å². The first kappa shape index (κ1) is 21.1. The van der Waals surface area contributed by atoms with Gasteiger partial charge in [-0.05, 0) is 29.3 Å². The van der Waals surface area contributed by atoms with E-state index in [-0.39, 0.29) is 22.6 Å². The molecule has 0 aliphatic heterocycles. The Bertz CT molecular complexity index is 1130. The molecule has 0 saturated carbocycles. The van der Waals surface area contributed by atoms with Gasteiger partial charge in [-0.15, -0.1) is 10.2 Å². The number of thioether (sulfide) groups is 1. The number of amides is 1. The zero-order chi connectivity index (χ0) is 21.6. The molecule has 1 heterocycles. The number of carbonyl (C=O) groups is 1. The van der Waals surface area contributed by atoms with Gasteiger partial charge in [0, 0.05) is 5.69 Å². The van der Waals surface area contributed by atoms with E-state index in [1.807, 2.05) is 60.7 Å². The number of hydrogen-bond donors (Lipinski definition) is 1. The minimum absolute atomic E-state index is 0.0535. The number of benzene rings is 3. The van der Waals surface area contributed by atoms with Crippen LogP contribution in [0.3, 0.4) is 0 Å². The third-order valence-electron chi connectivity index (χ3n) is 4.46. The van der Waals surface area contributed by atoms with Crippen molar-refractivity contribution in [1.82, 2.24) is 10.2 Å². The van der Waals surface area contributed by atoms with E-state index >= 15 is 0 Å². The van der Waals surface area contributed by atoms with Crippen LogP contribution in [0.15, 0.2) is 88.5 Å².